The van der Waals surface area contributed by atoms with Crippen LogP contribution in [0.4, 0.5) is 11.8 Å². The highest BCUT2D eigenvalue weighted by molar-refractivity contribution is 5.73. The van der Waals surface area contributed by atoms with E-state index in [1.807, 2.05) is 44.4 Å². The first-order chi connectivity index (χ1) is 9.51. The molecule has 0 spiro atoms. The maximum absolute atomic E-state index is 9.21. The van der Waals surface area contributed by atoms with Crippen LogP contribution in [0.5, 0.6) is 0 Å². The smallest absolute Gasteiger partial charge is 0.222 e. The van der Waals surface area contributed by atoms with Crippen LogP contribution in [-0.2, 0) is 6.54 Å². The van der Waals surface area contributed by atoms with Crippen LogP contribution in [0.1, 0.15) is 11.1 Å². The molecular weight excluding hydrogens is 252 g/mol. The maximum atomic E-state index is 9.21. The molecule has 4 N–H and O–H groups in total. The lowest BCUT2D eigenvalue weighted by Crippen LogP contribution is -2.10. The molecule has 1 aromatic carbocycles. The number of hydrogen-bond donors (Lipinski definition) is 2. The fraction of sp³-hybridized carbons (Fsp3) is 0.214. The van der Waals surface area contributed by atoms with Gasteiger partial charge in [-0.15, -0.1) is 0 Å². The molecule has 2 aromatic rings. The van der Waals surface area contributed by atoms with Gasteiger partial charge in [0.05, 0.1) is 5.69 Å². The highest BCUT2D eigenvalue weighted by Crippen LogP contribution is 2.26. The second kappa shape index (κ2) is 5.55. The molecule has 0 amide bonds. The maximum Gasteiger partial charge on any atom is 0.222 e. The predicted molar refractivity (Wildman–Crippen MR) is 78.4 cm³/mol. The Morgan fingerprint density at radius 3 is 2.65 bits per heavy atom. The molecule has 0 unspecified atom stereocenters. The van der Waals surface area contributed by atoms with Gasteiger partial charge in [-0.2, -0.15) is 10.2 Å². The quantitative estimate of drug-likeness (QED) is 0.867. The van der Waals surface area contributed by atoms with Crippen molar-refractivity contribution in [3.8, 4) is 17.3 Å². The zero-order chi connectivity index (χ0) is 14.7. The van der Waals surface area contributed by atoms with Gasteiger partial charge in [0.15, 0.2) is 0 Å². The van der Waals surface area contributed by atoms with Gasteiger partial charge in [0.1, 0.15) is 17.5 Å². The van der Waals surface area contributed by atoms with Crippen molar-refractivity contribution in [2.45, 2.75) is 6.54 Å². The van der Waals surface area contributed by atoms with E-state index in [1.54, 1.807) is 0 Å². The van der Waals surface area contributed by atoms with E-state index in [-0.39, 0.29) is 17.3 Å². The summed E-state index contributed by atoms with van der Waals surface area (Å²) >= 11 is 0. The zero-order valence-electron chi connectivity index (χ0n) is 11.5. The minimum atomic E-state index is 0.0644. The van der Waals surface area contributed by atoms with Gasteiger partial charge in [-0.3, -0.25) is 0 Å². The topological polar surface area (TPSA) is 105 Å². The summed E-state index contributed by atoms with van der Waals surface area (Å²) in [6, 6.07) is 9.82. The zero-order valence-corrected chi connectivity index (χ0v) is 11.5. The Balaban J connectivity index is 2.54. The van der Waals surface area contributed by atoms with Crippen molar-refractivity contribution in [3.05, 3.63) is 35.4 Å². The van der Waals surface area contributed by atoms with E-state index in [0.29, 0.717) is 5.69 Å². The summed E-state index contributed by atoms with van der Waals surface area (Å²) in [5.41, 5.74) is 14.0. The molecule has 0 atom stereocenters. The van der Waals surface area contributed by atoms with E-state index in [4.69, 9.17) is 11.5 Å². The van der Waals surface area contributed by atoms with Crippen LogP contribution in [0.3, 0.4) is 0 Å². The number of aromatic nitrogens is 2. The van der Waals surface area contributed by atoms with Crippen LogP contribution in [0.15, 0.2) is 24.3 Å². The average Bonchev–Trinajstić information content (AvgIpc) is 2.37. The van der Waals surface area contributed by atoms with Crippen LogP contribution in [-0.4, -0.2) is 29.0 Å². The van der Waals surface area contributed by atoms with Crippen LogP contribution < -0.4 is 11.5 Å². The molecule has 1 aromatic heterocycles. The van der Waals surface area contributed by atoms with Crippen LogP contribution in [0.2, 0.25) is 0 Å². The van der Waals surface area contributed by atoms with E-state index < -0.39 is 0 Å². The Morgan fingerprint density at radius 2 is 2.00 bits per heavy atom. The molecule has 20 heavy (non-hydrogen) atoms. The second-order valence-corrected chi connectivity index (χ2v) is 4.74. The van der Waals surface area contributed by atoms with Crippen molar-refractivity contribution >= 4 is 11.8 Å². The fourth-order valence-electron chi connectivity index (χ4n) is 2.00. The highest BCUT2D eigenvalue weighted by atomic mass is 15.1. The number of nitrogens with two attached hydrogens (primary N) is 2. The molecule has 0 aliphatic heterocycles. The van der Waals surface area contributed by atoms with Gasteiger partial charge in [-0.25, -0.2) is 4.98 Å². The number of benzene rings is 1. The minimum Gasteiger partial charge on any atom is -0.382 e. The molecule has 0 fully saturated rings. The lowest BCUT2D eigenvalue weighted by molar-refractivity contribution is 0.402. The summed E-state index contributed by atoms with van der Waals surface area (Å²) in [6.45, 7) is 0.797. The first kappa shape index (κ1) is 13.8. The first-order valence-electron chi connectivity index (χ1n) is 6.08. The van der Waals surface area contributed by atoms with Gasteiger partial charge in [-0.05, 0) is 25.7 Å². The molecule has 6 nitrogen and oxygen atoms in total. The minimum absolute atomic E-state index is 0.0644. The summed E-state index contributed by atoms with van der Waals surface area (Å²) < 4.78 is 0. The lowest BCUT2D eigenvalue weighted by atomic mass is 10.0. The molecule has 102 valence electrons. The van der Waals surface area contributed by atoms with Crippen molar-refractivity contribution in [2.75, 3.05) is 25.6 Å². The fourth-order valence-corrected chi connectivity index (χ4v) is 2.00. The van der Waals surface area contributed by atoms with Crippen molar-refractivity contribution in [1.82, 2.24) is 14.9 Å². The van der Waals surface area contributed by atoms with E-state index in [1.165, 1.54) is 0 Å². The summed E-state index contributed by atoms with van der Waals surface area (Å²) in [6.07, 6.45) is 0. The number of nitrogen functional groups attached to an aromatic ring is 2. The van der Waals surface area contributed by atoms with Crippen molar-refractivity contribution in [1.29, 1.82) is 5.26 Å². The van der Waals surface area contributed by atoms with Gasteiger partial charge in [-0.1, -0.05) is 18.2 Å². The molecule has 0 aliphatic carbocycles. The second-order valence-electron chi connectivity index (χ2n) is 4.74. The third-order valence-electron chi connectivity index (χ3n) is 2.77. The molecule has 0 bridgehead atoms. The summed E-state index contributed by atoms with van der Waals surface area (Å²) in [4.78, 5) is 10.0. The van der Waals surface area contributed by atoms with E-state index in [2.05, 4.69) is 14.9 Å². The van der Waals surface area contributed by atoms with Gasteiger partial charge in [0, 0.05) is 12.1 Å². The van der Waals surface area contributed by atoms with Crippen molar-refractivity contribution in [3.63, 3.8) is 0 Å². The molecule has 1 heterocycles. The van der Waals surface area contributed by atoms with Crippen LogP contribution in [0, 0.1) is 11.3 Å². The third kappa shape index (κ3) is 2.84. The van der Waals surface area contributed by atoms with Crippen LogP contribution >= 0.6 is 0 Å². The SMILES string of the molecule is CN(C)Cc1cccc(-c2nc(N)nc(N)c2C#N)c1. The van der Waals surface area contributed by atoms with E-state index >= 15 is 0 Å². The average molecular weight is 268 g/mol. The Kier molecular flexibility index (Phi) is 3.82. The van der Waals surface area contributed by atoms with Gasteiger partial charge < -0.3 is 16.4 Å². The predicted octanol–water partition coefficient (Wildman–Crippen LogP) is 1.24. The summed E-state index contributed by atoms with van der Waals surface area (Å²) in [7, 11) is 3.99. The normalized spacial score (nSPS) is 10.5. The number of nitriles is 1. The van der Waals surface area contributed by atoms with E-state index in [0.717, 1.165) is 17.7 Å². The summed E-state index contributed by atoms with van der Waals surface area (Å²) in [5, 5.41) is 9.21. The summed E-state index contributed by atoms with van der Waals surface area (Å²) in [5.74, 6) is 0.169. The van der Waals surface area contributed by atoms with Gasteiger partial charge in [0.2, 0.25) is 5.95 Å². The first-order valence-corrected chi connectivity index (χ1v) is 6.08. The van der Waals surface area contributed by atoms with E-state index in [9.17, 15) is 5.26 Å². The van der Waals surface area contributed by atoms with Gasteiger partial charge >= 0.3 is 0 Å². The molecule has 0 saturated heterocycles. The molecule has 0 radical (unpaired) electrons. The number of rotatable bonds is 3. The third-order valence-corrected chi connectivity index (χ3v) is 2.77. The highest BCUT2D eigenvalue weighted by Gasteiger charge is 2.13. The largest absolute Gasteiger partial charge is 0.382 e. The molecule has 6 heteroatoms. The van der Waals surface area contributed by atoms with Crippen molar-refractivity contribution in [2.24, 2.45) is 0 Å². The number of anilines is 2. The number of nitrogens with zero attached hydrogens (tertiary/aromatic N) is 4. The Labute approximate surface area is 117 Å². The Bertz CT molecular complexity index is 672. The Hall–Kier alpha value is -2.65. The number of hydrogen-bond acceptors (Lipinski definition) is 6. The monoisotopic (exact) mass is 268 g/mol. The van der Waals surface area contributed by atoms with Crippen LogP contribution in [0.25, 0.3) is 11.3 Å². The molecule has 2 rings (SSSR count). The standard InChI is InChI=1S/C14H16N6/c1-20(2)8-9-4-3-5-10(6-9)12-11(7-15)13(16)19-14(17)18-12/h3-6H,8H2,1-2H3,(H4,16,17,18,19). The Morgan fingerprint density at radius 1 is 1.25 bits per heavy atom. The lowest BCUT2D eigenvalue weighted by Gasteiger charge is -2.11. The van der Waals surface area contributed by atoms with Crippen molar-refractivity contribution < 1.29 is 0 Å². The molecule has 0 aliphatic rings. The molecule has 0 saturated carbocycles. The van der Waals surface area contributed by atoms with Gasteiger partial charge in [0.25, 0.3) is 0 Å². The molecular formula is C14H16N6.